The number of rotatable bonds is 6. The van der Waals surface area contributed by atoms with Crippen molar-refractivity contribution in [3.05, 3.63) is 83.2 Å². The summed E-state index contributed by atoms with van der Waals surface area (Å²) in [6.07, 6.45) is -0.243. The second-order valence-electron chi connectivity index (χ2n) is 9.80. The quantitative estimate of drug-likeness (QED) is 0.220. The molecule has 5 rings (SSSR count). The maximum Gasteiger partial charge on any atom is 0.337 e. The van der Waals surface area contributed by atoms with Gasteiger partial charge in [-0.2, -0.15) is 0 Å². The molecule has 2 aromatic carbocycles. The molecular formula is C30H28N3O7+. The van der Waals surface area contributed by atoms with E-state index in [0.717, 1.165) is 11.0 Å². The lowest BCUT2D eigenvalue weighted by molar-refractivity contribution is -0.144. The highest BCUT2D eigenvalue weighted by Crippen LogP contribution is 2.42. The molecule has 0 bridgehead atoms. The largest absolute Gasteiger partial charge is 0.492 e. The van der Waals surface area contributed by atoms with Crippen molar-refractivity contribution < 1.29 is 34.2 Å². The Morgan fingerprint density at radius 1 is 0.925 bits per heavy atom. The van der Waals surface area contributed by atoms with E-state index in [1.807, 2.05) is 74.1 Å². The number of hydrogen-bond donors (Lipinski definition) is 3. The fourth-order valence-corrected chi connectivity index (χ4v) is 4.60. The maximum absolute atomic E-state index is 12.7. The predicted molar refractivity (Wildman–Crippen MR) is 150 cm³/mol. The molecule has 0 atom stereocenters. The Bertz CT molecular complexity index is 1810. The third-order valence-corrected chi connectivity index (χ3v) is 6.64. The summed E-state index contributed by atoms with van der Waals surface area (Å²) >= 11 is 0. The van der Waals surface area contributed by atoms with Crippen LogP contribution in [0.5, 0.6) is 11.8 Å². The molecule has 3 N–H and O–H groups in total. The molecule has 1 aromatic heterocycles. The average molecular weight is 543 g/mol. The van der Waals surface area contributed by atoms with Crippen LogP contribution in [0.4, 0.5) is 5.69 Å². The van der Waals surface area contributed by atoms with E-state index < -0.39 is 23.7 Å². The molecule has 0 radical (unpaired) electrons. The standard InChI is InChI=1S/C30H27N3O7/c1-31(2)18-6-9-21-24(15-18)39-25-16-19(32(3)4)7-10-22(25)29(21)23-13-17(5-8-20(23)30(37)38)14-28(36)40-33-26(34)11-12-27(33)35/h5-13,15-16H,14H2,1-4H3,(H2-,34,35,37,38)/p+1. The van der Waals surface area contributed by atoms with E-state index in [9.17, 15) is 24.9 Å². The number of aromatic nitrogens is 1. The van der Waals surface area contributed by atoms with Crippen molar-refractivity contribution in [3.63, 3.8) is 0 Å². The molecule has 0 saturated heterocycles. The number of benzene rings is 3. The van der Waals surface area contributed by atoms with E-state index in [1.54, 1.807) is 6.07 Å². The first-order valence-electron chi connectivity index (χ1n) is 12.4. The van der Waals surface area contributed by atoms with Gasteiger partial charge in [0.05, 0.1) is 18.1 Å². The first kappa shape index (κ1) is 26.4. The van der Waals surface area contributed by atoms with Gasteiger partial charge in [0.25, 0.3) is 0 Å². The van der Waals surface area contributed by atoms with Gasteiger partial charge in [0.2, 0.25) is 17.1 Å². The summed E-state index contributed by atoms with van der Waals surface area (Å²) in [5.74, 6) is -2.19. The van der Waals surface area contributed by atoms with Crippen LogP contribution in [0.3, 0.4) is 0 Å². The number of carboxylic acids is 1. The Kier molecular flexibility index (Phi) is 6.68. The van der Waals surface area contributed by atoms with E-state index in [-0.39, 0.29) is 12.0 Å². The van der Waals surface area contributed by atoms with Gasteiger partial charge in [-0.25, -0.2) is 14.2 Å². The van der Waals surface area contributed by atoms with Crippen molar-refractivity contribution in [1.29, 1.82) is 0 Å². The predicted octanol–water partition coefficient (Wildman–Crippen LogP) is 3.41. The number of carboxylic acid groups (broad SMARTS) is 1. The van der Waals surface area contributed by atoms with Crippen molar-refractivity contribution in [2.24, 2.45) is 0 Å². The van der Waals surface area contributed by atoms with Gasteiger partial charge in [0, 0.05) is 60.6 Å². The first-order valence-corrected chi connectivity index (χ1v) is 12.4. The molecule has 0 fully saturated rings. The van der Waals surface area contributed by atoms with Crippen molar-refractivity contribution in [2.75, 3.05) is 33.1 Å². The third-order valence-electron chi connectivity index (χ3n) is 6.64. The summed E-state index contributed by atoms with van der Waals surface area (Å²) in [7, 11) is 7.69. The van der Waals surface area contributed by atoms with Gasteiger partial charge >= 0.3 is 11.9 Å². The van der Waals surface area contributed by atoms with E-state index in [4.69, 9.17) is 9.25 Å². The van der Waals surface area contributed by atoms with Gasteiger partial charge in [0.1, 0.15) is 25.4 Å². The van der Waals surface area contributed by atoms with Gasteiger partial charge in [-0.05, 0) is 41.5 Å². The van der Waals surface area contributed by atoms with E-state index in [1.165, 1.54) is 24.3 Å². The Balaban J connectivity index is 1.71. The van der Waals surface area contributed by atoms with Gasteiger partial charge in [-0.1, -0.05) is 6.07 Å². The number of carbonyl (C=O) groups excluding carboxylic acids is 1. The summed E-state index contributed by atoms with van der Waals surface area (Å²) in [6, 6.07) is 18.5. The summed E-state index contributed by atoms with van der Waals surface area (Å²) in [5.41, 5.74) is 3.79. The Morgan fingerprint density at radius 3 is 2.30 bits per heavy atom. The molecule has 0 unspecified atom stereocenters. The highest BCUT2D eigenvalue weighted by Gasteiger charge is 2.23. The zero-order valence-electron chi connectivity index (χ0n) is 22.4. The number of fused-ring (bicyclic) bond motifs is 2. The number of aromatic hydroxyl groups is 2. The van der Waals surface area contributed by atoms with Crippen LogP contribution in [0.25, 0.3) is 33.4 Å². The van der Waals surface area contributed by atoms with Crippen LogP contribution < -0.4 is 19.7 Å². The lowest BCUT2D eigenvalue weighted by Crippen LogP contribution is -2.21. The van der Waals surface area contributed by atoms with Crippen LogP contribution in [0.2, 0.25) is 0 Å². The van der Waals surface area contributed by atoms with Crippen LogP contribution >= 0.6 is 0 Å². The number of carbonyl (C=O) groups is 2. The molecule has 204 valence electrons. The SMILES string of the molecule is CN(C)c1ccc2c(-c3cc(CC(=O)On4c(O)ccc4O)ccc3C(=O)O)c3ccc(=[N+](C)C)cc-3oc2c1. The zero-order valence-corrected chi connectivity index (χ0v) is 22.4. The van der Waals surface area contributed by atoms with Gasteiger partial charge in [-0.3, -0.25) is 0 Å². The Hall–Kier alpha value is -5.25. The van der Waals surface area contributed by atoms with Crippen LogP contribution in [-0.4, -0.2) is 60.2 Å². The lowest BCUT2D eigenvalue weighted by atomic mass is 9.89. The molecule has 40 heavy (non-hydrogen) atoms. The second kappa shape index (κ2) is 10.1. The summed E-state index contributed by atoms with van der Waals surface area (Å²) in [6.45, 7) is 0. The molecule has 1 aliphatic heterocycles. The fraction of sp³-hybridized carbons (Fsp3) is 0.167. The maximum atomic E-state index is 12.7. The molecule has 1 aliphatic carbocycles. The Morgan fingerprint density at radius 2 is 1.65 bits per heavy atom. The minimum Gasteiger partial charge on any atom is -0.492 e. The highest BCUT2D eigenvalue weighted by atomic mass is 16.7. The molecule has 10 nitrogen and oxygen atoms in total. The van der Waals surface area contributed by atoms with Crippen molar-refractivity contribution in [1.82, 2.24) is 9.31 Å². The first-order chi connectivity index (χ1) is 19.0. The minimum atomic E-state index is -1.12. The normalized spacial score (nSPS) is 11.1. The third kappa shape index (κ3) is 4.82. The van der Waals surface area contributed by atoms with Crippen LogP contribution in [0.15, 0.2) is 71.1 Å². The summed E-state index contributed by atoms with van der Waals surface area (Å²) in [4.78, 5) is 32.1. The lowest BCUT2D eigenvalue weighted by Gasteiger charge is -2.19. The summed E-state index contributed by atoms with van der Waals surface area (Å²) < 4.78 is 8.90. The molecule has 2 aliphatic rings. The Labute approximate surface area is 229 Å². The minimum absolute atomic E-state index is 0.0555. The van der Waals surface area contributed by atoms with Crippen molar-refractivity contribution >= 4 is 28.6 Å². The number of hydrogen-bond acceptors (Lipinski definition) is 7. The van der Waals surface area contributed by atoms with Crippen LogP contribution in [0, 0.1) is 0 Å². The van der Waals surface area contributed by atoms with Crippen molar-refractivity contribution in [2.45, 2.75) is 6.42 Å². The molecule has 2 heterocycles. The molecule has 10 heteroatoms. The van der Waals surface area contributed by atoms with E-state index >= 15 is 0 Å². The van der Waals surface area contributed by atoms with Gasteiger partial charge in [0.15, 0.2) is 0 Å². The summed E-state index contributed by atoms with van der Waals surface area (Å²) in [5, 5.41) is 31.3. The fourth-order valence-electron chi connectivity index (χ4n) is 4.60. The molecule has 0 amide bonds. The van der Waals surface area contributed by atoms with E-state index in [0.29, 0.717) is 43.7 Å². The highest BCUT2D eigenvalue weighted by molar-refractivity contribution is 6.08. The molecule has 0 spiro atoms. The van der Waals surface area contributed by atoms with Gasteiger partial charge in [-0.15, -0.1) is 4.73 Å². The number of nitrogens with zero attached hydrogens (tertiary/aromatic N) is 3. The molecular weight excluding hydrogens is 514 g/mol. The zero-order chi connectivity index (χ0) is 28.7. The molecule has 0 saturated carbocycles. The van der Waals surface area contributed by atoms with Crippen LogP contribution in [0.1, 0.15) is 15.9 Å². The second-order valence-corrected chi connectivity index (χ2v) is 9.80. The van der Waals surface area contributed by atoms with E-state index in [2.05, 4.69) is 0 Å². The monoisotopic (exact) mass is 542 g/mol. The smallest absolute Gasteiger partial charge is 0.337 e. The average Bonchev–Trinajstić information content (AvgIpc) is 3.22. The number of anilines is 1. The van der Waals surface area contributed by atoms with Crippen LogP contribution in [-0.2, 0) is 11.2 Å². The molecule has 3 aromatic rings. The number of aromatic carboxylic acids is 1. The van der Waals surface area contributed by atoms with Crippen molar-refractivity contribution in [3.8, 4) is 34.2 Å². The van der Waals surface area contributed by atoms with Gasteiger partial charge < -0.3 is 29.5 Å². The topological polar surface area (TPSA) is 128 Å².